The zero-order valence-electron chi connectivity index (χ0n) is 11.8. The topological polar surface area (TPSA) is 106 Å². The van der Waals surface area contributed by atoms with Crippen LogP contribution in [-0.2, 0) is 0 Å². The minimum absolute atomic E-state index is 0.0829. The molecule has 0 unspecified atom stereocenters. The third kappa shape index (κ3) is 3.67. The first-order valence-corrected chi connectivity index (χ1v) is 6.49. The second-order valence-electron chi connectivity index (χ2n) is 4.90. The van der Waals surface area contributed by atoms with E-state index in [1.807, 2.05) is 24.3 Å². The van der Waals surface area contributed by atoms with Gasteiger partial charge in [-0.3, -0.25) is 10.1 Å². The van der Waals surface area contributed by atoms with Crippen molar-refractivity contribution in [1.29, 1.82) is 0 Å². The predicted molar refractivity (Wildman–Crippen MR) is 82.5 cm³/mol. The third-order valence-electron chi connectivity index (χ3n) is 2.99. The maximum Gasteiger partial charge on any atom is 0.276 e. The van der Waals surface area contributed by atoms with E-state index in [2.05, 4.69) is 29.6 Å². The third-order valence-corrected chi connectivity index (χ3v) is 2.99. The summed E-state index contributed by atoms with van der Waals surface area (Å²) in [6.07, 6.45) is 0. The summed E-state index contributed by atoms with van der Waals surface area (Å²) < 4.78 is 0. The fraction of sp³-hybridized carbons (Fsp3) is 0.214. The molecule has 0 saturated carbocycles. The first-order chi connectivity index (χ1) is 9.99. The molecule has 2 aromatic rings. The molecule has 0 atom stereocenters. The number of nitrogen functional groups attached to an aromatic ring is 1. The Hall–Kier alpha value is -2.67. The number of anilines is 3. The molecule has 110 valence electrons. The van der Waals surface area contributed by atoms with Crippen molar-refractivity contribution in [1.82, 2.24) is 4.98 Å². The summed E-state index contributed by atoms with van der Waals surface area (Å²) >= 11 is 0. The van der Waals surface area contributed by atoms with Crippen molar-refractivity contribution in [3.63, 3.8) is 0 Å². The number of rotatable bonds is 5. The minimum Gasteiger partial charge on any atom is -0.340 e. The van der Waals surface area contributed by atoms with Gasteiger partial charge in [-0.05, 0) is 23.6 Å². The molecule has 4 N–H and O–H groups in total. The molecule has 21 heavy (non-hydrogen) atoms. The van der Waals surface area contributed by atoms with Crippen molar-refractivity contribution in [2.24, 2.45) is 5.84 Å². The van der Waals surface area contributed by atoms with E-state index in [4.69, 9.17) is 5.84 Å². The highest BCUT2D eigenvalue weighted by molar-refractivity contribution is 5.62. The lowest BCUT2D eigenvalue weighted by Gasteiger charge is -2.10. The quantitative estimate of drug-likeness (QED) is 0.443. The average Bonchev–Trinajstić information content (AvgIpc) is 2.47. The first-order valence-electron chi connectivity index (χ1n) is 6.49. The SMILES string of the molecule is CC(C)c1cccc(Nc2cc([N+](=O)[O-])cc(NN)n2)c1. The number of nitrogens with two attached hydrogens (primary N) is 1. The Morgan fingerprint density at radius 3 is 2.57 bits per heavy atom. The molecule has 0 spiro atoms. The Morgan fingerprint density at radius 2 is 1.95 bits per heavy atom. The molecule has 7 heteroatoms. The lowest BCUT2D eigenvalue weighted by Crippen LogP contribution is -2.10. The van der Waals surface area contributed by atoms with Crippen molar-refractivity contribution in [2.45, 2.75) is 19.8 Å². The van der Waals surface area contributed by atoms with Crippen LogP contribution in [0.3, 0.4) is 0 Å². The van der Waals surface area contributed by atoms with E-state index in [9.17, 15) is 10.1 Å². The summed E-state index contributed by atoms with van der Waals surface area (Å²) in [5.41, 5.74) is 4.23. The lowest BCUT2D eigenvalue weighted by molar-refractivity contribution is -0.384. The maximum absolute atomic E-state index is 10.9. The number of hydrazine groups is 1. The number of benzene rings is 1. The van der Waals surface area contributed by atoms with Crippen LogP contribution in [0.5, 0.6) is 0 Å². The molecule has 0 aliphatic carbocycles. The molecule has 0 aliphatic heterocycles. The van der Waals surface area contributed by atoms with Gasteiger partial charge in [0.15, 0.2) is 0 Å². The van der Waals surface area contributed by atoms with Crippen LogP contribution in [0.1, 0.15) is 25.3 Å². The molecule has 2 rings (SSSR count). The highest BCUT2D eigenvalue weighted by atomic mass is 16.6. The van der Waals surface area contributed by atoms with E-state index in [0.717, 1.165) is 5.69 Å². The number of hydrogen-bond donors (Lipinski definition) is 3. The number of nitro groups is 1. The van der Waals surface area contributed by atoms with Gasteiger partial charge in [0.25, 0.3) is 5.69 Å². The minimum atomic E-state index is -0.488. The van der Waals surface area contributed by atoms with Crippen LogP contribution in [0.2, 0.25) is 0 Å². The van der Waals surface area contributed by atoms with E-state index in [-0.39, 0.29) is 11.5 Å². The molecule has 7 nitrogen and oxygen atoms in total. The van der Waals surface area contributed by atoms with Crippen LogP contribution in [-0.4, -0.2) is 9.91 Å². The van der Waals surface area contributed by atoms with Crippen LogP contribution < -0.4 is 16.6 Å². The largest absolute Gasteiger partial charge is 0.340 e. The Morgan fingerprint density at radius 1 is 1.24 bits per heavy atom. The second kappa shape index (κ2) is 6.19. The fourth-order valence-corrected chi connectivity index (χ4v) is 1.88. The van der Waals surface area contributed by atoms with Crippen molar-refractivity contribution >= 4 is 23.0 Å². The van der Waals surface area contributed by atoms with Gasteiger partial charge in [-0.15, -0.1) is 0 Å². The van der Waals surface area contributed by atoms with Crippen LogP contribution in [0.15, 0.2) is 36.4 Å². The van der Waals surface area contributed by atoms with Gasteiger partial charge in [0.05, 0.1) is 17.1 Å². The van der Waals surface area contributed by atoms with E-state index in [1.165, 1.54) is 17.7 Å². The molecule has 1 heterocycles. The van der Waals surface area contributed by atoms with Gasteiger partial charge in [0.1, 0.15) is 11.6 Å². The van der Waals surface area contributed by atoms with E-state index < -0.39 is 4.92 Å². The van der Waals surface area contributed by atoms with Crippen LogP contribution >= 0.6 is 0 Å². The monoisotopic (exact) mass is 287 g/mol. The normalized spacial score (nSPS) is 10.5. The predicted octanol–water partition coefficient (Wildman–Crippen LogP) is 3.14. The maximum atomic E-state index is 10.9. The summed E-state index contributed by atoms with van der Waals surface area (Å²) in [7, 11) is 0. The highest BCUT2D eigenvalue weighted by Crippen LogP contribution is 2.25. The molecular weight excluding hydrogens is 270 g/mol. The molecule has 1 aromatic carbocycles. The summed E-state index contributed by atoms with van der Waals surface area (Å²) in [6, 6.07) is 10.5. The Bertz CT molecular complexity index is 658. The molecule has 1 aromatic heterocycles. The summed E-state index contributed by atoms with van der Waals surface area (Å²) in [4.78, 5) is 14.6. The summed E-state index contributed by atoms with van der Waals surface area (Å²) in [6.45, 7) is 4.20. The van der Waals surface area contributed by atoms with Crippen LogP contribution in [0, 0.1) is 10.1 Å². The Balaban J connectivity index is 2.32. The summed E-state index contributed by atoms with van der Waals surface area (Å²) in [5, 5.41) is 14.0. The fourth-order valence-electron chi connectivity index (χ4n) is 1.88. The van der Waals surface area contributed by atoms with Gasteiger partial charge in [0, 0.05) is 5.69 Å². The lowest BCUT2D eigenvalue weighted by atomic mass is 10.0. The van der Waals surface area contributed by atoms with Gasteiger partial charge in [-0.25, -0.2) is 10.8 Å². The molecule has 0 radical (unpaired) electrons. The number of hydrogen-bond acceptors (Lipinski definition) is 6. The van der Waals surface area contributed by atoms with Crippen molar-refractivity contribution in [2.75, 3.05) is 10.7 Å². The van der Waals surface area contributed by atoms with Gasteiger partial charge in [-0.2, -0.15) is 0 Å². The molecular formula is C14H17N5O2. The zero-order valence-corrected chi connectivity index (χ0v) is 11.8. The summed E-state index contributed by atoms with van der Waals surface area (Å²) in [5.74, 6) is 6.26. The zero-order chi connectivity index (χ0) is 15.4. The second-order valence-corrected chi connectivity index (χ2v) is 4.90. The smallest absolute Gasteiger partial charge is 0.276 e. The van der Waals surface area contributed by atoms with Crippen LogP contribution in [0.25, 0.3) is 0 Å². The Kier molecular flexibility index (Phi) is 4.34. The number of aromatic nitrogens is 1. The standard InChI is InChI=1S/C14H17N5O2/c1-9(2)10-4-3-5-11(6-10)16-13-7-12(19(20)21)8-14(17-13)18-15/h3-9H,15H2,1-2H3,(H2,16,17,18). The number of nitrogens with zero attached hydrogens (tertiary/aromatic N) is 2. The molecule has 0 fully saturated rings. The van der Waals surface area contributed by atoms with Crippen molar-refractivity contribution in [3.05, 3.63) is 52.1 Å². The number of nitrogens with one attached hydrogen (secondary N) is 2. The van der Waals surface area contributed by atoms with Gasteiger partial charge in [-0.1, -0.05) is 26.0 Å². The van der Waals surface area contributed by atoms with Gasteiger partial charge < -0.3 is 10.7 Å². The Labute approximate surface area is 122 Å². The van der Waals surface area contributed by atoms with Gasteiger partial charge in [0.2, 0.25) is 0 Å². The molecule has 0 bridgehead atoms. The van der Waals surface area contributed by atoms with E-state index >= 15 is 0 Å². The van der Waals surface area contributed by atoms with E-state index in [1.54, 1.807) is 0 Å². The van der Waals surface area contributed by atoms with Crippen LogP contribution in [0.4, 0.5) is 23.0 Å². The molecule has 0 saturated heterocycles. The highest BCUT2D eigenvalue weighted by Gasteiger charge is 2.11. The van der Waals surface area contributed by atoms with Crippen molar-refractivity contribution < 1.29 is 4.92 Å². The van der Waals surface area contributed by atoms with Gasteiger partial charge >= 0.3 is 0 Å². The molecule has 0 amide bonds. The van der Waals surface area contributed by atoms with E-state index in [0.29, 0.717) is 11.7 Å². The molecule has 0 aliphatic rings. The number of pyridine rings is 1. The average molecular weight is 287 g/mol. The van der Waals surface area contributed by atoms with Crippen molar-refractivity contribution in [3.8, 4) is 0 Å². The first kappa shape index (κ1) is 14.7.